The third-order valence-corrected chi connectivity index (χ3v) is 5.85. The lowest BCUT2D eigenvalue weighted by Crippen LogP contribution is -2.41. The molecule has 30 heavy (non-hydrogen) atoms. The third-order valence-electron chi connectivity index (χ3n) is 5.85. The third kappa shape index (κ3) is 4.38. The van der Waals surface area contributed by atoms with Gasteiger partial charge in [-0.3, -0.25) is 4.68 Å². The Hall–Kier alpha value is -2.35. The summed E-state index contributed by atoms with van der Waals surface area (Å²) in [6.07, 6.45) is 5.12. The highest BCUT2D eigenvalue weighted by Crippen LogP contribution is 2.36. The number of aryl methyl sites for hydroxylation is 1. The summed E-state index contributed by atoms with van der Waals surface area (Å²) in [5, 5.41) is 15.5. The molecule has 1 atom stereocenters. The van der Waals surface area contributed by atoms with Crippen LogP contribution in [0, 0.1) is 0 Å². The average molecular weight is 413 g/mol. The summed E-state index contributed by atoms with van der Waals surface area (Å²) in [6, 6.07) is 6.64. The molecule has 1 aliphatic rings. The fourth-order valence-electron chi connectivity index (χ4n) is 4.14. The van der Waals surface area contributed by atoms with Crippen molar-refractivity contribution in [2.75, 3.05) is 19.7 Å². The molecule has 1 fully saturated rings. The highest BCUT2D eigenvalue weighted by molar-refractivity contribution is 5.89. The van der Waals surface area contributed by atoms with Gasteiger partial charge in [0.25, 0.3) is 0 Å². The number of H-pyrrole nitrogens is 1. The van der Waals surface area contributed by atoms with Gasteiger partial charge in [-0.05, 0) is 51.8 Å². The number of rotatable bonds is 7. The summed E-state index contributed by atoms with van der Waals surface area (Å²) in [5.74, 6) is 0.856. The maximum Gasteiger partial charge on any atom is 0.196 e. The number of ether oxygens (including phenoxy) is 2. The number of aromatic nitrogens is 3. The summed E-state index contributed by atoms with van der Waals surface area (Å²) in [4.78, 5) is 5.78. The lowest BCUT2D eigenvalue weighted by molar-refractivity contribution is -0.100. The van der Waals surface area contributed by atoms with Crippen LogP contribution < -0.4 is 4.74 Å². The van der Waals surface area contributed by atoms with Crippen LogP contribution >= 0.6 is 0 Å². The van der Waals surface area contributed by atoms with Crippen molar-refractivity contribution in [3.05, 3.63) is 36.3 Å². The van der Waals surface area contributed by atoms with Gasteiger partial charge in [0.05, 0.1) is 11.9 Å². The molecule has 2 N–H and O–H groups in total. The fraction of sp³-hybridized carbons (Fsp3) is 0.522. The molecule has 7 nitrogen and oxygen atoms in total. The number of piperidine rings is 1. The van der Waals surface area contributed by atoms with Crippen LogP contribution in [-0.2, 0) is 11.8 Å². The molecule has 3 heterocycles. The van der Waals surface area contributed by atoms with Gasteiger partial charge >= 0.3 is 0 Å². The topological polar surface area (TPSA) is 75.5 Å². The highest BCUT2D eigenvalue weighted by Gasteiger charge is 2.24. The Bertz CT molecular complexity index is 986. The van der Waals surface area contributed by atoms with Gasteiger partial charge in [-0.2, -0.15) is 5.10 Å². The van der Waals surface area contributed by atoms with Crippen molar-refractivity contribution < 1.29 is 14.6 Å². The van der Waals surface area contributed by atoms with Crippen molar-refractivity contribution in [1.29, 1.82) is 0 Å². The first-order valence-electron chi connectivity index (χ1n) is 10.8. The van der Waals surface area contributed by atoms with Gasteiger partial charge < -0.3 is 24.5 Å². The minimum absolute atomic E-state index is 0.195. The van der Waals surface area contributed by atoms with E-state index >= 15 is 0 Å². The Labute approximate surface area is 177 Å². The van der Waals surface area contributed by atoms with Crippen molar-refractivity contribution in [3.8, 4) is 16.9 Å². The molecule has 0 bridgehead atoms. The molecule has 0 aliphatic carbocycles. The van der Waals surface area contributed by atoms with Crippen molar-refractivity contribution in [2.45, 2.75) is 52.0 Å². The number of benzene rings is 1. The molecule has 3 aromatic rings. The van der Waals surface area contributed by atoms with E-state index in [1.165, 1.54) is 0 Å². The standard InChI is InChI=1S/C23H32N4O3/c1-5-29-23(28)21-10-16-11-22(30-18-6-8-27(9-7-18)15(2)3)19(12-20(16)25-21)17-13-24-26(4)14-17/h10-15,18,23,25,28H,5-9H2,1-4H3. The normalized spacial score (nSPS) is 17.1. The molecule has 1 aromatic carbocycles. The number of hydrogen-bond donors (Lipinski definition) is 2. The van der Waals surface area contributed by atoms with Gasteiger partial charge in [0, 0.05) is 61.0 Å². The number of hydrogen-bond acceptors (Lipinski definition) is 5. The van der Waals surface area contributed by atoms with E-state index in [-0.39, 0.29) is 6.10 Å². The molecule has 0 saturated carbocycles. The smallest absolute Gasteiger partial charge is 0.196 e. The molecule has 162 valence electrons. The van der Waals surface area contributed by atoms with Crippen LogP contribution in [0.15, 0.2) is 30.6 Å². The van der Waals surface area contributed by atoms with Gasteiger partial charge in [0.2, 0.25) is 0 Å². The van der Waals surface area contributed by atoms with E-state index in [1.807, 2.05) is 32.4 Å². The molecule has 1 saturated heterocycles. The molecule has 0 radical (unpaired) electrons. The first kappa shape index (κ1) is 20.9. The van der Waals surface area contributed by atoms with Crippen LogP contribution in [0.3, 0.4) is 0 Å². The maximum atomic E-state index is 10.2. The van der Waals surface area contributed by atoms with Gasteiger partial charge in [-0.1, -0.05) is 0 Å². The zero-order chi connectivity index (χ0) is 21.3. The van der Waals surface area contributed by atoms with Crippen molar-refractivity contribution >= 4 is 10.9 Å². The lowest BCUT2D eigenvalue weighted by Gasteiger charge is -2.34. The highest BCUT2D eigenvalue weighted by atomic mass is 16.6. The number of fused-ring (bicyclic) bond motifs is 1. The number of likely N-dealkylation sites (tertiary alicyclic amines) is 1. The predicted molar refractivity (Wildman–Crippen MR) is 117 cm³/mol. The first-order valence-corrected chi connectivity index (χ1v) is 10.8. The summed E-state index contributed by atoms with van der Waals surface area (Å²) in [6.45, 7) is 8.92. The number of aliphatic hydroxyl groups excluding tert-OH is 1. The van der Waals surface area contributed by atoms with E-state index in [2.05, 4.69) is 41.0 Å². The number of aromatic amines is 1. The van der Waals surface area contributed by atoms with Crippen LogP contribution in [0.1, 0.15) is 45.6 Å². The first-order chi connectivity index (χ1) is 14.4. The molecule has 1 aliphatic heterocycles. The molecule has 0 amide bonds. The second kappa shape index (κ2) is 8.79. The molecule has 1 unspecified atom stereocenters. The largest absolute Gasteiger partial charge is 0.490 e. The van der Waals surface area contributed by atoms with E-state index < -0.39 is 6.29 Å². The van der Waals surface area contributed by atoms with Crippen LogP contribution in [0.2, 0.25) is 0 Å². The van der Waals surface area contributed by atoms with Crippen LogP contribution in [0.25, 0.3) is 22.0 Å². The second-order valence-electron chi connectivity index (χ2n) is 8.32. The second-order valence-corrected chi connectivity index (χ2v) is 8.32. The van der Waals surface area contributed by atoms with E-state index in [4.69, 9.17) is 9.47 Å². The Morgan fingerprint density at radius 2 is 2.00 bits per heavy atom. The van der Waals surface area contributed by atoms with Crippen molar-refractivity contribution in [3.63, 3.8) is 0 Å². The zero-order valence-electron chi connectivity index (χ0n) is 18.3. The quantitative estimate of drug-likeness (QED) is 0.577. The van der Waals surface area contributed by atoms with Crippen molar-refractivity contribution in [1.82, 2.24) is 19.7 Å². The van der Waals surface area contributed by atoms with Crippen LogP contribution in [0.4, 0.5) is 0 Å². The molecular weight excluding hydrogens is 380 g/mol. The van der Waals surface area contributed by atoms with Crippen LogP contribution in [0.5, 0.6) is 5.75 Å². The minimum atomic E-state index is -0.964. The Kier molecular flexibility index (Phi) is 6.13. The van der Waals surface area contributed by atoms with E-state index in [9.17, 15) is 5.11 Å². The monoisotopic (exact) mass is 412 g/mol. The molecule has 7 heteroatoms. The van der Waals surface area contributed by atoms with Gasteiger partial charge in [-0.25, -0.2) is 0 Å². The lowest BCUT2D eigenvalue weighted by atomic mass is 10.0. The Morgan fingerprint density at radius 1 is 1.23 bits per heavy atom. The predicted octanol–water partition coefficient (Wildman–Crippen LogP) is 3.85. The SMILES string of the molecule is CCOC(O)c1cc2cc(OC3CCN(C(C)C)CC3)c(-c3cnn(C)c3)cc2[nH]1. The summed E-state index contributed by atoms with van der Waals surface area (Å²) in [7, 11) is 1.91. The average Bonchev–Trinajstić information content (AvgIpc) is 3.33. The van der Waals surface area contributed by atoms with Crippen LogP contribution in [-0.4, -0.2) is 56.6 Å². The maximum absolute atomic E-state index is 10.2. The molecule has 4 rings (SSSR count). The molecule has 2 aromatic heterocycles. The van der Waals surface area contributed by atoms with Gasteiger partial charge in [0.1, 0.15) is 11.9 Å². The molecular formula is C23H32N4O3. The Balaban J connectivity index is 1.65. The zero-order valence-corrected chi connectivity index (χ0v) is 18.3. The summed E-state index contributed by atoms with van der Waals surface area (Å²) >= 11 is 0. The molecule has 0 spiro atoms. The van der Waals surface area contributed by atoms with E-state index in [0.29, 0.717) is 18.3 Å². The number of aliphatic hydroxyl groups is 1. The van der Waals surface area contributed by atoms with E-state index in [0.717, 1.165) is 53.7 Å². The Morgan fingerprint density at radius 3 is 2.63 bits per heavy atom. The van der Waals surface area contributed by atoms with E-state index in [1.54, 1.807) is 4.68 Å². The van der Waals surface area contributed by atoms with Crippen molar-refractivity contribution in [2.24, 2.45) is 7.05 Å². The number of nitrogens with one attached hydrogen (secondary N) is 1. The van der Waals surface area contributed by atoms with Gasteiger partial charge in [-0.15, -0.1) is 0 Å². The number of nitrogens with zero attached hydrogens (tertiary/aromatic N) is 3. The minimum Gasteiger partial charge on any atom is -0.490 e. The van der Waals surface area contributed by atoms with Gasteiger partial charge in [0.15, 0.2) is 6.29 Å². The fourth-order valence-corrected chi connectivity index (χ4v) is 4.14. The summed E-state index contributed by atoms with van der Waals surface area (Å²) in [5.41, 5.74) is 3.59. The summed E-state index contributed by atoms with van der Waals surface area (Å²) < 4.78 is 13.7.